The topological polar surface area (TPSA) is 61.4 Å². The first kappa shape index (κ1) is 18.8. The summed E-state index contributed by atoms with van der Waals surface area (Å²) in [6.45, 7) is 7.54. The molecule has 6 nitrogen and oxygen atoms in total. The number of nitrogens with one attached hydrogen (secondary N) is 1. The summed E-state index contributed by atoms with van der Waals surface area (Å²) >= 11 is 1.06. The van der Waals surface area contributed by atoms with Crippen molar-refractivity contribution < 1.29 is 18.0 Å². The van der Waals surface area contributed by atoms with Crippen LogP contribution in [0.3, 0.4) is 0 Å². The van der Waals surface area contributed by atoms with Crippen LogP contribution in [-0.4, -0.2) is 65.7 Å². The van der Waals surface area contributed by atoms with Crippen molar-refractivity contribution in [1.29, 1.82) is 0 Å². The number of halogens is 3. The molecular formula is C19H20F3N5OS. The van der Waals surface area contributed by atoms with E-state index in [9.17, 15) is 18.0 Å². The number of carbonyl (C=O) groups excluding carboxylic acids is 1. The molecule has 3 aliphatic heterocycles. The molecule has 10 heteroatoms. The summed E-state index contributed by atoms with van der Waals surface area (Å²) in [6, 6.07) is 1.40. The average molecular weight is 423 g/mol. The minimum absolute atomic E-state index is 0.0629. The van der Waals surface area contributed by atoms with Gasteiger partial charge in [-0.3, -0.25) is 4.79 Å². The molecular weight excluding hydrogens is 403 g/mol. The normalized spacial score (nSPS) is 23.6. The van der Waals surface area contributed by atoms with E-state index in [1.54, 1.807) is 6.07 Å². The van der Waals surface area contributed by atoms with E-state index < -0.39 is 12.6 Å². The van der Waals surface area contributed by atoms with E-state index in [0.717, 1.165) is 30.0 Å². The van der Waals surface area contributed by atoms with Crippen LogP contribution in [0.25, 0.3) is 10.2 Å². The van der Waals surface area contributed by atoms with Crippen LogP contribution in [0.15, 0.2) is 24.5 Å². The summed E-state index contributed by atoms with van der Waals surface area (Å²) in [5.41, 5.74) is 1.12. The summed E-state index contributed by atoms with van der Waals surface area (Å²) in [5.74, 6) is 0.815. The predicted octanol–water partition coefficient (Wildman–Crippen LogP) is 2.36. The molecule has 3 fully saturated rings. The van der Waals surface area contributed by atoms with Crippen LogP contribution in [0.2, 0.25) is 0 Å². The van der Waals surface area contributed by atoms with Gasteiger partial charge in [0.25, 0.3) is 0 Å². The van der Waals surface area contributed by atoms with Crippen LogP contribution in [0.4, 0.5) is 19.0 Å². The molecule has 3 saturated heterocycles. The van der Waals surface area contributed by atoms with E-state index in [0.29, 0.717) is 42.1 Å². The summed E-state index contributed by atoms with van der Waals surface area (Å²) in [7, 11) is 0. The number of likely N-dealkylation sites (tertiary alicyclic amines) is 1. The molecule has 1 spiro atoms. The quantitative estimate of drug-likeness (QED) is 0.769. The smallest absolute Gasteiger partial charge is 0.354 e. The van der Waals surface area contributed by atoms with Crippen LogP contribution in [-0.2, 0) is 11.2 Å². The van der Waals surface area contributed by atoms with Crippen molar-refractivity contribution in [3.8, 4) is 0 Å². The predicted molar refractivity (Wildman–Crippen MR) is 104 cm³/mol. The second-order valence-electron chi connectivity index (χ2n) is 8.36. The Hall–Kier alpha value is -2.20. The number of nitrogens with zero attached hydrogens (tertiary/aromatic N) is 4. The van der Waals surface area contributed by atoms with Gasteiger partial charge in [0.05, 0.1) is 17.8 Å². The van der Waals surface area contributed by atoms with Gasteiger partial charge in [-0.2, -0.15) is 13.2 Å². The standard InChI is InChI=1S/C19H20F3N5OS/c1-11-2-14(23-5-11)17(28)27-8-18(9-27)6-26(7-18)15-13-3-12(4-19(20,21)22)29-16(13)25-10-24-15/h3,10,14,23H,1-2,4-9H2/t14-/m0/s1. The van der Waals surface area contributed by atoms with Gasteiger partial charge in [-0.25, -0.2) is 9.97 Å². The van der Waals surface area contributed by atoms with Gasteiger partial charge in [-0.05, 0) is 12.5 Å². The highest BCUT2D eigenvalue weighted by Gasteiger charge is 2.54. The van der Waals surface area contributed by atoms with E-state index >= 15 is 0 Å². The highest BCUT2D eigenvalue weighted by molar-refractivity contribution is 7.18. The maximum Gasteiger partial charge on any atom is 0.393 e. The summed E-state index contributed by atoms with van der Waals surface area (Å²) < 4.78 is 38.1. The summed E-state index contributed by atoms with van der Waals surface area (Å²) in [4.78, 5) is 25.8. The Morgan fingerprint density at radius 2 is 2.07 bits per heavy atom. The fraction of sp³-hybridized carbons (Fsp3) is 0.526. The molecule has 2 aromatic heterocycles. The lowest BCUT2D eigenvalue weighted by Crippen LogP contribution is -2.74. The molecule has 1 atom stereocenters. The SMILES string of the molecule is C=C1CN[C@H](C(=O)N2CC3(C2)CN(c2ncnc4sc(CC(F)(F)F)cc24)C3)C1. The van der Waals surface area contributed by atoms with Gasteiger partial charge in [0.2, 0.25) is 5.91 Å². The van der Waals surface area contributed by atoms with Crippen molar-refractivity contribution in [2.75, 3.05) is 37.6 Å². The van der Waals surface area contributed by atoms with Gasteiger partial charge >= 0.3 is 6.18 Å². The fourth-order valence-electron chi connectivity index (χ4n) is 4.56. The molecule has 1 amide bonds. The molecule has 2 aromatic rings. The Morgan fingerprint density at radius 3 is 2.72 bits per heavy atom. The maximum absolute atomic E-state index is 12.7. The number of rotatable bonds is 3. The van der Waals surface area contributed by atoms with Crippen molar-refractivity contribution in [1.82, 2.24) is 20.2 Å². The lowest BCUT2D eigenvalue weighted by molar-refractivity contribution is -0.147. The van der Waals surface area contributed by atoms with Crippen molar-refractivity contribution >= 4 is 33.3 Å². The van der Waals surface area contributed by atoms with Crippen LogP contribution in [0, 0.1) is 5.41 Å². The van der Waals surface area contributed by atoms with E-state index in [1.165, 1.54) is 6.33 Å². The van der Waals surface area contributed by atoms with E-state index in [2.05, 4.69) is 26.8 Å². The van der Waals surface area contributed by atoms with Gasteiger partial charge < -0.3 is 15.1 Å². The maximum atomic E-state index is 12.7. The monoisotopic (exact) mass is 423 g/mol. The highest BCUT2D eigenvalue weighted by Crippen LogP contribution is 2.44. The molecule has 3 aliphatic rings. The highest BCUT2D eigenvalue weighted by atomic mass is 32.1. The minimum Gasteiger partial charge on any atom is -0.354 e. The van der Waals surface area contributed by atoms with Gasteiger partial charge in [0, 0.05) is 43.0 Å². The largest absolute Gasteiger partial charge is 0.393 e. The zero-order valence-electron chi connectivity index (χ0n) is 15.6. The third kappa shape index (κ3) is 3.38. The Morgan fingerprint density at radius 1 is 1.31 bits per heavy atom. The summed E-state index contributed by atoms with van der Waals surface area (Å²) in [5, 5.41) is 3.87. The lowest BCUT2D eigenvalue weighted by atomic mass is 9.72. The molecule has 0 saturated carbocycles. The van der Waals surface area contributed by atoms with Crippen LogP contribution in [0.5, 0.6) is 0 Å². The first-order valence-corrected chi connectivity index (χ1v) is 10.3. The second kappa shape index (κ2) is 6.40. The number of hydrogen-bond acceptors (Lipinski definition) is 6. The van der Waals surface area contributed by atoms with E-state index in [1.807, 2.05) is 4.90 Å². The fourth-order valence-corrected chi connectivity index (χ4v) is 5.58. The van der Waals surface area contributed by atoms with E-state index in [4.69, 9.17) is 0 Å². The first-order chi connectivity index (χ1) is 13.7. The average Bonchev–Trinajstić information content (AvgIpc) is 3.16. The molecule has 0 radical (unpaired) electrons. The zero-order valence-corrected chi connectivity index (χ0v) is 16.4. The summed E-state index contributed by atoms with van der Waals surface area (Å²) in [6.07, 6.45) is -3.08. The molecule has 154 valence electrons. The Kier molecular flexibility index (Phi) is 4.15. The minimum atomic E-state index is -4.24. The molecule has 1 N–H and O–H groups in total. The van der Waals surface area contributed by atoms with Crippen molar-refractivity contribution in [2.24, 2.45) is 5.41 Å². The third-order valence-corrected chi connectivity index (χ3v) is 6.88. The number of anilines is 1. The van der Waals surface area contributed by atoms with Gasteiger partial charge in [-0.15, -0.1) is 11.3 Å². The molecule has 0 unspecified atom stereocenters. The molecule has 29 heavy (non-hydrogen) atoms. The van der Waals surface area contributed by atoms with Crippen LogP contribution < -0.4 is 10.2 Å². The Labute approximate surface area is 169 Å². The molecule has 0 aliphatic carbocycles. The number of alkyl halides is 3. The number of amides is 1. The first-order valence-electron chi connectivity index (χ1n) is 9.45. The lowest BCUT2D eigenvalue weighted by Gasteiger charge is -2.60. The van der Waals surface area contributed by atoms with E-state index in [-0.39, 0.29) is 22.2 Å². The van der Waals surface area contributed by atoms with Crippen LogP contribution in [0.1, 0.15) is 11.3 Å². The zero-order chi connectivity index (χ0) is 20.4. The van der Waals surface area contributed by atoms with Crippen molar-refractivity contribution in [2.45, 2.75) is 25.1 Å². The molecule has 5 rings (SSSR count). The van der Waals surface area contributed by atoms with Crippen LogP contribution >= 0.6 is 11.3 Å². The molecule has 5 heterocycles. The Bertz CT molecular complexity index is 989. The molecule has 0 bridgehead atoms. The number of fused-ring (bicyclic) bond motifs is 1. The third-order valence-electron chi connectivity index (χ3n) is 5.84. The second-order valence-corrected chi connectivity index (χ2v) is 9.47. The van der Waals surface area contributed by atoms with Gasteiger partial charge in [0.15, 0.2) is 0 Å². The molecule has 0 aromatic carbocycles. The number of aromatic nitrogens is 2. The Balaban J connectivity index is 1.24. The van der Waals surface area contributed by atoms with Gasteiger partial charge in [-0.1, -0.05) is 12.2 Å². The number of hydrogen-bond donors (Lipinski definition) is 1. The van der Waals surface area contributed by atoms with Crippen molar-refractivity contribution in [3.05, 3.63) is 29.4 Å². The number of carbonyl (C=O) groups is 1. The number of thiophene rings is 1. The van der Waals surface area contributed by atoms with Gasteiger partial charge in [0.1, 0.15) is 17.0 Å². The van der Waals surface area contributed by atoms with Crippen molar-refractivity contribution in [3.63, 3.8) is 0 Å².